The number of rotatable bonds is 6. The Kier molecular flexibility index (Phi) is 6.13. The van der Waals surface area contributed by atoms with Crippen LogP contribution < -0.4 is 10.8 Å². The number of amides is 1. The van der Waals surface area contributed by atoms with Crippen molar-refractivity contribution in [2.45, 2.75) is 19.4 Å². The molecular formula is C18H16BrF2IN2O2. The summed E-state index contributed by atoms with van der Waals surface area (Å²) in [6.45, 7) is 2.40. The highest BCUT2D eigenvalue weighted by molar-refractivity contribution is 14.1. The molecule has 0 aliphatic heterocycles. The SMILES string of the molecule is Cc1cc(I)ccc1NC1CC1CONC(=O)c1cc(F)c(F)c(Br)c1. The van der Waals surface area contributed by atoms with Gasteiger partial charge in [0.05, 0.1) is 11.1 Å². The van der Waals surface area contributed by atoms with Crippen molar-refractivity contribution in [1.82, 2.24) is 5.48 Å². The van der Waals surface area contributed by atoms with Crippen LogP contribution in [0.5, 0.6) is 0 Å². The molecule has 0 radical (unpaired) electrons. The van der Waals surface area contributed by atoms with Gasteiger partial charge in [0.1, 0.15) is 0 Å². The zero-order valence-electron chi connectivity index (χ0n) is 13.8. The number of hydroxylamine groups is 1. The Labute approximate surface area is 171 Å². The minimum absolute atomic E-state index is 0.0178. The number of anilines is 1. The van der Waals surface area contributed by atoms with Crippen LogP contribution in [0.4, 0.5) is 14.5 Å². The van der Waals surface area contributed by atoms with Gasteiger partial charge in [-0.05, 0) is 87.8 Å². The third-order valence-corrected chi connectivity index (χ3v) is 5.41. The fourth-order valence-corrected chi connectivity index (χ4v) is 3.64. The van der Waals surface area contributed by atoms with Crippen LogP contribution in [-0.2, 0) is 4.84 Å². The average Bonchev–Trinajstić information content (AvgIpc) is 3.32. The highest BCUT2D eigenvalue weighted by Crippen LogP contribution is 2.34. The first kappa shape index (κ1) is 19.5. The van der Waals surface area contributed by atoms with E-state index in [9.17, 15) is 13.6 Å². The van der Waals surface area contributed by atoms with Crippen LogP contribution in [0.3, 0.4) is 0 Å². The highest BCUT2D eigenvalue weighted by atomic mass is 127. The molecule has 2 N–H and O–H groups in total. The molecule has 0 aromatic heterocycles. The van der Waals surface area contributed by atoms with Crippen molar-refractivity contribution >= 4 is 50.1 Å². The molecule has 1 amide bonds. The van der Waals surface area contributed by atoms with E-state index >= 15 is 0 Å². The number of carbonyl (C=O) groups excluding carboxylic acids is 1. The van der Waals surface area contributed by atoms with Gasteiger partial charge < -0.3 is 5.32 Å². The van der Waals surface area contributed by atoms with E-state index in [0.29, 0.717) is 12.6 Å². The molecule has 0 saturated heterocycles. The van der Waals surface area contributed by atoms with E-state index in [0.717, 1.165) is 18.2 Å². The molecule has 138 valence electrons. The van der Waals surface area contributed by atoms with E-state index in [1.54, 1.807) is 0 Å². The van der Waals surface area contributed by atoms with Crippen LogP contribution in [0.2, 0.25) is 0 Å². The maximum atomic E-state index is 13.3. The summed E-state index contributed by atoms with van der Waals surface area (Å²) in [6.07, 6.45) is 0.942. The first-order chi connectivity index (χ1) is 12.3. The normalized spacial score (nSPS) is 18.5. The predicted molar refractivity (Wildman–Crippen MR) is 107 cm³/mol. The minimum Gasteiger partial charge on any atom is -0.382 e. The average molecular weight is 537 g/mol. The summed E-state index contributed by atoms with van der Waals surface area (Å²) in [5.41, 5.74) is 4.52. The Hall–Kier alpha value is -1.26. The van der Waals surface area contributed by atoms with E-state index in [4.69, 9.17) is 4.84 Å². The minimum atomic E-state index is -1.09. The fraction of sp³-hybridized carbons (Fsp3) is 0.278. The Balaban J connectivity index is 1.45. The first-order valence-corrected chi connectivity index (χ1v) is 9.81. The molecule has 1 saturated carbocycles. The van der Waals surface area contributed by atoms with Crippen LogP contribution in [0.1, 0.15) is 22.3 Å². The van der Waals surface area contributed by atoms with Crippen molar-refractivity contribution in [3.05, 3.63) is 61.1 Å². The van der Waals surface area contributed by atoms with Gasteiger partial charge in [0, 0.05) is 26.8 Å². The molecule has 1 fully saturated rings. The number of nitrogens with one attached hydrogen (secondary N) is 2. The van der Waals surface area contributed by atoms with Crippen LogP contribution in [0.15, 0.2) is 34.8 Å². The molecule has 4 nitrogen and oxygen atoms in total. The molecule has 0 heterocycles. The van der Waals surface area contributed by atoms with Gasteiger partial charge in [-0.15, -0.1) is 0 Å². The molecule has 3 rings (SSSR count). The van der Waals surface area contributed by atoms with E-state index in [2.05, 4.69) is 68.4 Å². The topological polar surface area (TPSA) is 50.4 Å². The second-order valence-corrected chi connectivity index (χ2v) is 8.30. The Bertz CT molecular complexity index is 827. The molecule has 2 aromatic carbocycles. The Morgan fingerprint density at radius 2 is 2.12 bits per heavy atom. The zero-order valence-corrected chi connectivity index (χ0v) is 17.5. The van der Waals surface area contributed by atoms with Crippen LogP contribution in [-0.4, -0.2) is 18.6 Å². The quantitative estimate of drug-likeness (QED) is 0.317. The van der Waals surface area contributed by atoms with Gasteiger partial charge in [0.25, 0.3) is 5.91 Å². The van der Waals surface area contributed by atoms with Crippen LogP contribution in [0.25, 0.3) is 0 Å². The largest absolute Gasteiger partial charge is 0.382 e. The molecule has 2 unspecified atom stereocenters. The third-order valence-electron chi connectivity index (χ3n) is 4.16. The summed E-state index contributed by atoms with van der Waals surface area (Å²) in [5.74, 6) is -2.46. The number of carbonyl (C=O) groups is 1. The molecule has 1 aliphatic carbocycles. The van der Waals surface area contributed by atoms with Gasteiger partial charge in [-0.25, -0.2) is 14.3 Å². The maximum absolute atomic E-state index is 13.3. The molecule has 1 aliphatic rings. The predicted octanol–water partition coefficient (Wildman–Crippen LogP) is 4.80. The second-order valence-electron chi connectivity index (χ2n) is 6.20. The van der Waals surface area contributed by atoms with Crippen molar-refractivity contribution in [3.63, 3.8) is 0 Å². The third kappa shape index (κ3) is 4.72. The molecule has 2 aromatic rings. The summed E-state index contributed by atoms with van der Waals surface area (Å²) in [5, 5.41) is 3.46. The number of hydrogen-bond donors (Lipinski definition) is 2. The van der Waals surface area contributed by atoms with Crippen LogP contribution in [0, 0.1) is 28.0 Å². The van der Waals surface area contributed by atoms with Gasteiger partial charge in [0.2, 0.25) is 0 Å². The fourth-order valence-electron chi connectivity index (χ4n) is 2.56. The number of aryl methyl sites for hydroxylation is 1. The molecule has 2 atom stereocenters. The van der Waals surface area contributed by atoms with Gasteiger partial charge >= 0.3 is 0 Å². The van der Waals surface area contributed by atoms with E-state index in [1.165, 1.54) is 15.2 Å². The number of halogens is 4. The molecular weight excluding hydrogens is 521 g/mol. The lowest BCUT2D eigenvalue weighted by Crippen LogP contribution is -2.25. The molecule has 8 heteroatoms. The van der Waals surface area contributed by atoms with Gasteiger partial charge in [0.15, 0.2) is 11.6 Å². The molecule has 26 heavy (non-hydrogen) atoms. The van der Waals surface area contributed by atoms with Gasteiger partial charge in [-0.3, -0.25) is 9.63 Å². The van der Waals surface area contributed by atoms with Crippen molar-refractivity contribution in [1.29, 1.82) is 0 Å². The summed E-state index contributed by atoms with van der Waals surface area (Å²) in [7, 11) is 0. The van der Waals surface area contributed by atoms with E-state index < -0.39 is 17.5 Å². The Morgan fingerprint density at radius 3 is 2.81 bits per heavy atom. The lowest BCUT2D eigenvalue weighted by molar-refractivity contribution is 0.0267. The van der Waals surface area contributed by atoms with Crippen LogP contribution >= 0.6 is 38.5 Å². The van der Waals surface area contributed by atoms with Gasteiger partial charge in [-0.1, -0.05) is 0 Å². The smallest absolute Gasteiger partial charge is 0.274 e. The molecule has 0 bridgehead atoms. The first-order valence-electron chi connectivity index (χ1n) is 7.94. The number of benzene rings is 2. The number of hydrogen-bond acceptors (Lipinski definition) is 3. The summed E-state index contributed by atoms with van der Waals surface area (Å²) in [6, 6.07) is 8.54. The van der Waals surface area contributed by atoms with E-state index in [-0.39, 0.29) is 16.0 Å². The standard InChI is InChI=1S/C18H16BrF2IN2O2/c1-9-4-12(22)2-3-15(9)23-16-7-11(16)8-26-24-18(25)10-5-13(19)17(21)14(20)6-10/h2-6,11,16,23H,7-8H2,1H3,(H,24,25). The molecule has 0 spiro atoms. The van der Waals surface area contributed by atoms with Crippen molar-refractivity contribution < 1.29 is 18.4 Å². The summed E-state index contributed by atoms with van der Waals surface area (Å²) < 4.78 is 27.6. The summed E-state index contributed by atoms with van der Waals surface area (Å²) in [4.78, 5) is 17.2. The highest BCUT2D eigenvalue weighted by Gasteiger charge is 2.37. The van der Waals surface area contributed by atoms with Gasteiger partial charge in [-0.2, -0.15) is 0 Å². The van der Waals surface area contributed by atoms with E-state index in [1.807, 2.05) is 6.07 Å². The second kappa shape index (κ2) is 8.18. The van der Waals surface area contributed by atoms with Crippen molar-refractivity contribution in [2.24, 2.45) is 5.92 Å². The van der Waals surface area contributed by atoms with Crippen molar-refractivity contribution in [3.8, 4) is 0 Å². The summed E-state index contributed by atoms with van der Waals surface area (Å²) >= 11 is 5.15. The zero-order chi connectivity index (χ0) is 18.8. The lowest BCUT2D eigenvalue weighted by Gasteiger charge is -2.10. The van der Waals surface area contributed by atoms with Crippen molar-refractivity contribution in [2.75, 3.05) is 11.9 Å². The lowest BCUT2D eigenvalue weighted by atomic mass is 10.2. The monoisotopic (exact) mass is 536 g/mol. The maximum Gasteiger partial charge on any atom is 0.274 e. The Morgan fingerprint density at radius 1 is 1.35 bits per heavy atom.